The molecular weight excluding hydrogens is 829 g/mol. The first-order valence-corrected chi connectivity index (χ1v) is 23.1. The molecule has 0 N–H and O–H groups in total. The molecule has 0 saturated carbocycles. The van der Waals surface area contributed by atoms with Gasteiger partial charge in [-0.1, -0.05) is 170 Å². The lowest BCUT2D eigenvalue weighted by Crippen LogP contribution is -2.00. The molecule has 68 heavy (non-hydrogen) atoms. The van der Waals surface area contributed by atoms with E-state index in [1.54, 1.807) is 0 Å². The lowest BCUT2D eigenvalue weighted by Gasteiger charge is -2.25. The van der Waals surface area contributed by atoms with Gasteiger partial charge in [0.1, 0.15) is 0 Å². The molecule has 0 aliphatic rings. The highest BCUT2D eigenvalue weighted by Gasteiger charge is 2.26. The van der Waals surface area contributed by atoms with Gasteiger partial charge in [-0.2, -0.15) is 0 Å². The second kappa shape index (κ2) is 15.2. The van der Waals surface area contributed by atoms with Crippen LogP contribution in [0.2, 0.25) is 0 Å². The Bertz CT molecular complexity index is 4130. The molecule has 0 radical (unpaired) electrons. The molecule has 6 heteroatoms. The van der Waals surface area contributed by atoms with Gasteiger partial charge in [0.25, 0.3) is 0 Å². The summed E-state index contributed by atoms with van der Waals surface area (Å²) in [5, 5.41) is 0. The lowest BCUT2D eigenvalue weighted by atomic mass is 9.79. The van der Waals surface area contributed by atoms with E-state index in [0.29, 0.717) is 0 Å². The third-order valence-electron chi connectivity index (χ3n) is 13.6. The zero-order valence-corrected chi connectivity index (χ0v) is 36.8. The number of hydrogen-bond donors (Lipinski definition) is 0. The average molecular weight is 869 g/mol. The Morgan fingerprint density at radius 2 is 0.662 bits per heavy atom. The van der Waals surface area contributed by atoms with Crippen LogP contribution in [0, 0.1) is 0 Å². The van der Waals surface area contributed by atoms with Crippen molar-refractivity contribution in [2.45, 2.75) is 0 Å². The average Bonchev–Trinajstić information content (AvgIpc) is 4.15. The number of imidazole rings is 4. The van der Waals surface area contributed by atoms with Crippen molar-refractivity contribution in [2.24, 2.45) is 0 Å². The fourth-order valence-electron chi connectivity index (χ4n) is 10.7. The second-order valence-corrected chi connectivity index (χ2v) is 17.4. The summed E-state index contributed by atoms with van der Waals surface area (Å²) in [5.74, 6) is 1.72. The van der Waals surface area contributed by atoms with Crippen molar-refractivity contribution in [2.75, 3.05) is 0 Å². The number of rotatable bonds is 7. The summed E-state index contributed by atoms with van der Waals surface area (Å²) in [4.78, 5) is 10.6. The van der Waals surface area contributed by atoms with E-state index in [4.69, 9.17) is 9.97 Å². The molecule has 10 aromatic carbocycles. The van der Waals surface area contributed by atoms with Crippen LogP contribution in [-0.4, -0.2) is 27.9 Å². The topological polar surface area (TPSA) is 44.5 Å². The maximum absolute atomic E-state index is 5.39. The molecule has 0 aliphatic heterocycles. The normalized spacial score (nSPS) is 11.8. The van der Waals surface area contributed by atoms with Crippen molar-refractivity contribution in [3.63, 3.8) is 0 Å². The van der Waals surface area contributed by atoms with Crippen molar-refractivity contribution in [1.82, 2.24) is 27.9 Å². The first-order chi connectivity index (χ1) is 33.8. The molecule has 0 fully saturated rings. The van der Waals surface area contributed by atoms with Crippen LogP contribution in [0.15, 0.2) is 243 Å². The molecule has 4 aromatic heterocycles. The van der Waals surface area contributed by atoms with E-state index < -0.39 is 0 Å². The Hall–Kier alpha value is -9.26. The zero-order chi connectivity index (χ0) is 44.7. The van der Waals surface area contributed by atoms with Crippen LogP contribution < -0.4 is 0 Å². The van der Waals surface area contributed by atoms with Crippen molar-refractivity contribution >= 4 is 55.7 Å². The highest BCUT2D eigenvalue weighted by Crippen LogP contribution is 2.50. The maximum Gasteiger partial charge on any atom is 0.220 e. The quantitative estimate of drug-likeness (QED) is 0.160. The Morgan fingerprint density at radius 3 is 1.21 bits per heavy atom. The predicted molar refractivity (Wildman–Crippen MR) is 280 cm³/mol. The molecule has 4 heterocycles. The van der Waals surface area contributed by atoms with Crippen molar-refractivity contribution in [3.8, 4) is 67.0 Å². The second-order valence-electron chi connectivity index (χ2n) is 17.4. The number of nitrogens with zero attached hydrogens (tertiary/aromatic N) is 6. The van der Waals surface area contributed by atoms with Gasteiger partial charge in [0, 0.05) is 5.69 Å². The standard InChI is InChI=1S/C62H40N6/c1-5-20-41(21-6-1)48-40-49(42-22-7-2-8-23-42)59(44-26-11-4-12-27-44)60(58(48)43-24-9-3-10-25-43)45-28-19-29-46(38-45)65-56-37-36-47(39-57(56)68-53-33-16-14-31-51(53)64-62(65)68)66-54-34-17-18-35-55(54)67-52-32-15-13-30-50(52)63-61(66)67/h1-40H. The molecule has 0 aliphatic carbocycles. The Labute approximate surface area is 391 Å². The van der Waals surface area contributed by atoms with Gasteiger partial charge in [-0.15, -0.1) is 0 Å². The van der Waals surface area contributed by atoms with Gasteiger partial charge in [0.05, 0.1) is 49.8 Å². The number of benzene rings is 10. The van der Waals surface area contributed by atoms with E-state index in [0.717, 1.165) is 94.9 Å². The Balaban J connectivity index is 1.07. The van der Waals surface area contributed by atoms with Gasteiger partial charge >= 0.3 is 0 Å². The maximum atomic E-state index is 5.39. The minimum atomic E-state index is 0.846. The highest BCUT2D eigenvalue weighted by molar-refractivity contribution is 6.08. The first-order valence-electron chi connectivity index (χ1n) is 23.1. The number of para-hydroxylation sites is 6. The summed E-state index contributed by atoms with van der Waals surface area (Å²) in [7, 11) is 0. The van der Waals surface area contributed by atoms with Gasteiger partial charge < -0.3 is 0 Å². The van der Waals surface area contributed by atoms with Crippen molar-refractivity contribution < 1.29 is 0 Å². The summed E-state index contributed by atoms with van der Waals surface area (Å²) < 4.78 is 9.22. The van der Waals surface area contributed by atoms with E-state index in [9.17, 15) is 0 Å². The minimum absolute atomic E-state index is 0.846. The third-order valence-corrected chi connectivity index (χ3v) is 13.6. The molecule has 14 aromatic rings. The molecule has 0 amide bonds. The molecular formula is C62H40N6. The van der Waals surface area contributed by atoms with Crippen LogP contribution in [0.5, 0.6) is 0 Å². The molecule has 318 valence electrons. The SMILES string of the molecule is c1ccc(-c2cc(-c3ccccc3)c(-c3ccccc3)c(-c3cccc(-n4c5ccc(-n6c7ccccc7n7c8ccccc8nc67)cc5n5c6ccccc6nc45)c3)c2-c2ccccc2)cc1. The van der Waals surface area contributed by atoms with Crippen LogP contribution in [-0.2, 0) is 0 Å². The number of hydrogen-bond acceptors (Lipinski definition) is 2. The van der Waals surface area contributed by atoms with Crippen molar-refractivity contribution in [3.05, 3.63) is 243 Å². The zero-order valence-electron chi connectivity index (χ0n) is 36.8. The highest BCUT2D eigenvalue weighted by atomic mass is 15.2. The molecule has 0 unspecified atom stereocenters. The van der Waals surface area contributed by atoms with Gasteiger partial charge in [-0.3, -0.25) is 17.9 Å². The van der Waals surface area contributed by atoms with E-state index >= 15 is 0 Å². The van der Waals surface area contributed by atoms with Crippen LogP contribution >= 0.6 is 0 Å². The number of aromatic nitrogens is 6. The van der Waals surface area contributed by atoms with Crippen LogP contribution in [0.3, 0.4) is 0 Å². The largest absolute Gasteiger partial charge is 0.278 e. The fraction of sp³-hybridized carbons (Fsp3) is 0. The summed E-state index contributed by atoms with van der Waals surface area (Å²) in [6.07, 6.45) is 0. The lowest BCUT2D eigenvalue weighted by molar-refractivity contribution is 1.11. The molecule has 0 spiro atoms. The summed E-state index contributed by atoms with van der Waals surface area (Å²) >= 11 is 0. The number of fused-ring (bicyclic) bond motifs is 10. The third kappa shape index (κ3) is 5.77. The smallest absolute Gasteiger partial charge is 0.220 e. The van der Waals surface area contributed by atoms with Crippen LogP contribution in [0.4, 0.5) is 0 Å². The first kappa shape index (κ1) is 38.1. The van der Waals surface area contributed by atoms with Gasteiger partial charge in [-0.25, -0.2) is 9.97 Å². The monoisotopic (exact) mass is 868 g/mol. The minimum Gasteiger partial charge on any atom is -0.278 e. The summed E-state index contributed by atoms with van der Waals surface area (Å²) in [5.41, 5.74) is 22.0. The van der Waals surface area contributed by atoms with Gasteiger partial charge in [0.2, 0.25) is 11.6 Å². The predicted octanol–water partition coefficient (Wildman–Crippen LogP) is 15.5. The molecule has 6 nitrogen and oxygen atoms in total. The Morgan fingerprint density at radius 1 is 0.250 bits per heavy atom. The van der Waals surface area contributed by atoms with Crippen LogP contribution in [0.25, 0.3) is 123 Å². The van der Waals surface area contributed by atoms with E-state index in [-0.39, 0.29) is 0 Å². The van der Waals surface area contributed by atoms with Crippen LogP contribution in [0.1, 0.15) is 0 Å². The molecule has 0 atom stereocenters. The van der Waals surface area contributed by atoms with E-state index in [2.05, 4.69) is 261 Å². The van der Waals surface area contributed by atoms with Gasteiger partial charge in [-0.05, 0) is 128 Å². The van der Waals surface area contributed by atoms with E-state index in [1.165, 1.54) is 27.8 Å². The summed E-state index contributed by atoms with van der Waals surface area (Å²) in [6, 6.07) is 87.1. The van der Waals surface area contributed by atoms with Crippen molar-refractivity contribution in [1.29, 1.82) is 0 Å². The molecule has 14 rings (SSSR count). The van der Waals surface area contributed by atoms with E-state index in [1.807, 2.05) is 0 Å². The molecule has 0 bridgehead atoms. The molecule has 0 saturated heterocycles. The summed E-state index contributed by atoms with van der Waals surface area (Å²) in [6.45, 7) is 0. The fourth-order valence-corrected chi connectivity index (χ4v) is 10.7. The Kier molecular flexibility index (Phi) is 8.48. The van der Waals surface area contributed by atoms with Gasteiger partial charge in [0.15, 0.2) is 0 Å².